The van der Waals surface area contributed by atoms with Gasteiger partial charge in [0.05, 0.1) is 10.6 Å². The van der Waals surface area contributed by atoms with Gasteiger partial charge >= 0.3 is 0 Å². The molecule has 0 fully saturated rings. The van der Waals surface area contributed by atoms with E-state index in [4.69, 9.17) is 27.8 Å². The molecule has 19 heavy (non-hydrogen) atoms. The Bertz CT molecular complexity index is 641. The van der Waals surface area contributed by atoms with E-state index in [2.05, 4.69) is 0 Å². The van der Waals surface area contributed by atoms with E-state index in [0.717, 1.165) is 5.56 Å². The van der Waals surface area contributed by atoms with Crippen LogP contribution in [0.4, 0.5) is 5.69 Å². The van der Waals surface area contributed by atoms with E-state index in [-0.39, 0.29) is 5.56 Å². The van der Waals surface area contributed by atoms with Crippen LogP contribution in [0.3, 0.4) is 0 Å². The Labute approximate surface area is 115 Å². The number of halogens is 1. The molecule has 0 bridgehead atoms. The molecule has 4 N–H and O–H groups in total. The molecule has 0 radical (unpaired) electrons. The summed E-state index contributed by atoms with van der Waals surface area (Å²) < 4.78 is 5.62. The van der Waals surface area contributed by atoms with Crippen molar-refractivity contribution in [2.24, 2.45) is 5.73 Å². The predicted octanol–water partition coefficient (Wildman–Crippen LogP) is 3.12. The van der Waals surface area contributed by atoms with Crippen molar-refractivity contribution in [2.45, 2.75) is 6.92 Å². The number of ether oxygens (including phenoxy) is 1. The predicted molar refractivity (Wildman–Crippen MR) is 75.6 cm³/mol. The number of hydrogen-bond acceptors (Lipinski definition) is 3. The van der Waals surface area contributed by atoms with Gasteiger partial charge in [-0.15, -0.1) is 0 Å². The lowest BCUT2D eigenvalue weighted by molar-refractivity contribution is 0.0998. The first kappa shape index (κ1) is 13.2. The highest BCUT2D eigenvalue weighted by molar-refractivity contribution is 6.32. The molecule has 0 aliphatic carbocycles. The third kappa shape index (κ3) is 2.98. The van der Waals surface area contributed by atoms with Gasteiger partial charge in [0, 0.05) is 11.8 Å². The Kier molecular flexibility index (Phi) is 3.62. The molecule has 2 aromatic carbocycles. The quantitative estimate of drug-likeness (QED) is 0.846. The van der Waals surface area contributed by atoms with Crippen molar-refractivity contribution in [2.75, 3.05) is 5.73 Å². The van der Waals surface area contributed by atoms with Crippen LogP contribution in [-0.2, 0) is 0 Å². The summed E-state index contributed by atoms with van der Waals surface area (Å²) in [5.74, 6) is 0.150. The molecule has 2 aromatic rings. The Morgan fingerprint density at radius 3 is 2.53 bits per heavy atom. The second kappa shape index (κ2) is 5.20. The van der Waals surface area contributed by atoms with Crippen molar-refractivity contribution in [1.29, 1.82) is 0 Å². The molecular weight excluding hydrogens is 264 g/mol. The molecule has 0 aromatic heterocycles. The maximum atomic E-state index is 11.3. The van der Waals surface area contributed by atoms with Crippen molar-refractivity contribution < 1.29 is 9.53 Å². The number of nitrogens with two attached hydrogens (primary N) is 2. The second-order valence-corrected chi connectivity index (χ2v) is 4.56. The number of carbonyl (C=O) groups excluding carboxylic acids is 1. The largest absolute Gasteiger partial charge is 0.455 e. The van der Waals surface area contributed by atoms with Crippen LogP contribution < -0.4 is 16.2 Å². The topological polar surface area (TPSA) is 78.3 Å². The maximum Gasteiger partial charge on any atom is 0.252 e. The SMILES string of the molecule is Cc1ccc(Oc2cc(N)ccc2C(N)=O)c(Cl)c1. The van der Waals surface area contributed by atoms with Gasteiger partial charge in [-0.05, 0) is 36.8 Å². The summed E-state index contributed by atoms with van der Waals surface area (Å²) in [7, 11) is 0. The first-order chi connectivity index (χ1) is 8.97. The molecule has 0 aliphatic heterocycles. The van der Waals surface area contributed by atoms with Gasteiger partial charge < -0.3 is 16.2 Å². The molecule has 5 heteroatoms. The minimum absolute atomic E-state index is 0.255. The second-order valence-electron chi connectivity index (χ2n) is 4.16. The lowest BCUT2D eigenvalue weighted by Crippen LogP contribution is -2.12. The Hall–Kier alpha value is -2.20. The van der Waals surface area contributed by atoms with E-state index in [1.807, 2.05) is 13.0 Å². The van der Waals surface area contributed by atoms with Crippen LogP contribution in [0.1, 0.15) is 15.9 Å². The van der Waals surface area contributed by atoms with E-state index < -0.39 is 5.91 Å². The van der Waals surface area contributed by atoms with Crippen LogP contribution in [0, 0.1) is 6.92 Å². The fourth-order valence-corrected chi connectivity index (χ4v) is 1.91. The number of rotatable bonds is 3. The molecule has 1 amide bonds. The van der Waals surface area contributed by atoms with Gasteiger partial charge in [0.25, 0.3) is 5.91 Å². The molecule has 0 aliphatic rings. The molecule has 0 atom stereocenters. The van der Waals surface area contributed by atoms with E-state index in [1.54, 1.807) is 18.2 Å². The van der Waals surface area contributed by atoms with Gasteiger partial charge in [-0.2, -0.15) is 0 Å². The number of anilines is 1. The summed E-state index contributed by atoms with van der Waals surface area (Å²) in [6.45, 7) is 1.92. The normalized spacial score (nSPS) is 10.2. The number of hydrogen-bond donors (Lipinski definition) is 2. The van der Waals surface area contributed by atoms with Crippen molar-refractivity contribution >= 4 is 23.2 Å². The first-order valence-corrected chi connectivity index (χ1v) is 5.98. The smallest absolute Gasteiger partial charge is 0.252 e. The van der Waals surface area contributed by atoms with Crippen LogP contribution in [0.25, 0.3) is 0 Å². The van der Waals surface area contributed by atoms with E-state index in [9.17, 15) is 4.79 Å². The highest BCUT2D eigenvalue weighted by atomic mass is 35.5. The van der Waals surface area contributed by atoms with Gasteiger partial charge in [0.2, 0.25) is 0 Å². The number of aryl methyl sites for hydroxylation is 1. The number of primary amides is 1. The fraction of sp³-hybridized carbons (Fsp3) is 0.0714. The summed E-state index contributed by atoms with van der Waals surface area (Å²) in [5, 5.41) is 0.456. The molecule has 0 saturated heterocycles. The number of benzene rings is 2. The van der Waals surface area contributed by atoms with E-state index >= 15 is 0 Å². The van der Waals surface area contributed by atoms with Gasteiger partial charge in [0.15, 0.2) is 0 Å². The molecule has 4 nitrogen and oxygen atoms in total. The average Bonchev–Trinajstić information content (AvgIpc) is 2.32. The molecule has 98 valence electrons. The molecule has 2 rings (SSSR count). The third-order valence-corrected chi connectivity index (χ3v) is 2.87. The van der Waals surface area contributed by atoms with Gasteiger partial charge in [-0.3, -0.25) is 4.79 Å². The highest BCUT2D eigenvalue weighted by Crippen LogP contribution is 2.32. The minimum Gasteiger partial charge on any atom is -0.455 e. The molecule has 0 unspecified atom stereocenters. The lowest BCUT2D eigenvalue weighted by atomic mass is 10.1. The average molecular weight is 277 g/mol. The molecule has 0 spiro atoms. The Morgan fingerprint density at radius 1 is 1.16 bits per heavy atom. The maximum absolute atomic E-state index is 11.3. The zero-order valence-corrected chi connectivity index (χ0v) is 11.1. The number of carbonyl (C=O) groups is 1. The van der Waals surface area contributed by atoms with E-state index in [1.165, 1.54) is 12.1 Å². The molecular formula is C14H13ClN2O2. The summed E-state index contributed by atoms with van der Waals surface area (Å²) in [6, 6.07) is 10.0. The number of nitrogen functional groups attached to an aromatic ring is 1. The summed E-state index contributed by atoms with van der Waals surface area (Å²) in [5.41, 5.74) is 12.7. The first-order valence-electron chi connectivity index (χ1n) is 5.60. The van der Waals surface area contributed by atoms with Crippen LogP contribution in [-0.4, -0.2) is 5.91 Å². The summed E-state index contributed by atoms with van der Waals surface area (Å²) in [4.78, 5) is 11.3. The van der Waals surface area contributed by atoms with Crippen LogP contribution in [0.5, 0.6) is 11.5 Å². The summed E-state index contributed by atoms with van der Waals surface area (Å²) >= 11 is 6.08. The van der Waals surface area contributed by atoms with Crippen molar-refractivity contribution in [1.82, 2.24) is 0 Å². The molecule has 0 heterocycles. The van der Waals surface area contributed by atoms with Gasteiger partial charge in [-0.25, -0.2) is 0 Å². The van der Waals surface area contributed by atoms with Crippen LogP contribution in [0.2, 0.25) is 5.02 Å². The standard InChI is InChI=1S/C14H13ClN2O2/c1-8-2-5-12(11(15)6-8)19-13-7-9(16)3-4-10(13)14(17)18/h2-7H,16H2,1H3,(H2,17,18). The van der Waals surface area contributed by atoms with Crippen LogP contribution >= 0.6 is 11.6 Å². The Balaban J connectivity index is 2.42. The van der Waals surface area contributed by atoms with Gasteiger partial charge in [0.1, 0.15) is 11.5 Å². The zero-order valence-electron chi connectivity index (χ0n) is 10.3. The zero-order chi connectivity index (χ0) is 14.0. The highest BCUT2D eigenvalue weighted by Gasteiger charge is 2.12. The monoisotopic (exact) mass is 276 g/mol. The lowest BCUT2D eigenvalue weighted by Gasteiger charge is -2.11. The minimum atomic E-state index is -0.585. The number of amides is 1. The molecule has 0 saturated carbocycles. The fourth-order valence-electron chi connectivity index (χ4n) is 1.63. The van der Waals surface area contributed by atoms with Crippen molar-refractivity contribution in [3.05, 3.63) is 52.5 Å². The third-order valence-electron chi connectivity index (χ3n) is 2.58. The Morgan fingerprint density at radius 2 is 1.89 bits per heavy atom. The van der Waals surface area contributed by atoms with E-state index in [0.29, 0.717) is 22.2 Å². The van der Waals surface area contributed by atoms with Gasteiger partial charge in [-0.1, -0.05) is 17.7 Å². The van der Waals surface area contributed by atoms with Crippen LogP contribution in [0.15, 0.2) is 36.4 Å². The van der Waals surface area contributed by atoms with Crippen molar-refractivity contribution in [3.8, 4) is 11.5 Å². The van der Waals surface area contributed by atoms with Crippen molar-refractivity contribution in [3.63, 3.8) is 0 Å². The summed E-state index contributed by atoms with van der Waals surface area (Å²) in [6.07, 6.45) is 0.